The first-order valence-electron chi connectivity index (χ1n) is 13.1. The molecule has 11 heteroatoms. The Hall–Kier alpha value is -3.89. The minimum atomic E-state index is -3.08. The lowest BCUT2D eigenvalue weighted by atomic mass is 9.92. The van der Waals surface area contributed by atoms with Crippen LogP contribution in [0.3, 0.4) is 0 Å². The molecule has 1 saturated carbocycles. The minimum absolute atomic E-state index is 0.0272. The minimum Gasteiger partial charge on any atom is -0.481 e. The number of aromatic nitrogens is 2. The zero-order valence-corrected chi connectivity index (χ0v) is 23.1. The molecule has 0 atom stereocenters. The maximum atomic E-state index is 13.5. The van der Waals surface area contributed by atoms with Crippen LogP contribution in [0.5, 0.6) is 11.8 Å². The SMILES string of the molecule is CC.COc1ccc(NC(=O)N(c2ccccc2C(C)C)C2CCCCC2)c(OC(F)F)n1.O=c1cco[nH]1. The summed E-state index contributed by atoms with van der Waals surface area (Å²) >= 11 is 0. The van der Waals surface area contributed by atoms with Crippen LogP contribution < -0.4 is 25.2 Å². The van der Waals surface area contributed by atoms with E-state index in [0.29, 0.717) is 0 Å². The lowest BCUT2D eigenvalue weighted by Crippen LogP contribution is -2.44. The van der Waals surface area contributed by atoms with E-state index in [2.05, 4.69) is 38.6 Å². The van der Waals surface area contributed by atoms with Gasteiger partial charge in [-0.2, -0.15) is 18.9 Å². The lowest BCUT2D eigenvalue weighted by molar-refractivity contribution is -0.0525. The summed E-state index contributed by atoms with van der Waals surface area (Å²) in [5.41, 5.74) is 1.75. The molecule has 2 N–H and O–H groups in total. The molecule has 0 unspecified atom stereocenters. The quantitative estimate of drug-likeness (QED) is 0.324. The number of carbonyl (C=O) groups is 1. The van der Waals surface area contributed by atoms with Crippen molar-refractivity contribution in [3.05, 3.63) is 64.6 Å². The molecule has 0 bridgehead atoms. The van der Waals surface area contributed by atoms with Crippen molar-refractivity contribution < 1.29 is 27.6 Å². The predicted octanol–water partition coefficient (Wildman–Crippen LogP) is 7.18. The normalized spacial score (nSPS) is 13.1. The Balaban J connectivity index is 0.000000578. The van der Waals surface area contributed by atoms with E-state index in [-0.39, 0.29) is 35.0 Å². The van der Waals surface area contributed by atoms with Gasteiger partial charge in [-0.25, -0.2) is 4.79 Å². The second-order valence-electron chi connectivity index (χ2n) is 8.78. The van der Waals surface area contributed by atoms with Crippen LogP contribution in [0.1, 0.15) is 71.3 Å². The van der Waals surface area contributed by atoms with Crippen molar-refractivity contribution in [2.75, 3.05) is 17.3 Å². The van der Waals surface area contributed by atoms with Gasteiger partial charge in [0.25, 0.3) is 5.56 Å². The summed E-state index contributed by atoms with van der Waals surface area (Å²) in [4.78, 5) is 29.1. The third kappa shape index (κ3) is 9.42. The highest BCUT2D eigenvalue weighted by molar-refractivity contribution is 6.03. The molecule has 9 nitrogen and oxygen atoms in total. The summed E-state index contributed by atoms with van der Waals surface area (Å²) in [5.74, 6) is -0.0538. The van der Waals surface area contributed by atoms with Crippen molar-refractivity contribution in [1.29, 1.82) is 0 Å². The number of benzene rings is 1. The molecule has 0 radical (unpaired) electrons. The third-order valence-corrected chi connectivity index (χ3v) is 5.91. The Bertz CT molecular complexity index is 1180. The summed E-state index contributed by atoms with van der Waals surface area (Å²) in [7, 11) is 1.38. The Morgan fingerprint density at radius 1 is 1.10 bits per heavy atom. The van der Waals surface area contributed by atoms with Gasteiger partial charge in [-0.15, -0.1) is 0 Å². The highest BCUT2D eigenvalue weighted by Crippen LogP contribution is 2.34. The fourth-order valence-electron chi connectivity index (χ4n) is 4.21. The van der Waals surface area contributed by atoms with Crippen LogP contribution in [0.15, 0.2) is 58.0 Å². The number of para-hydroxylation sites is 1. The largest absolute Gasteiger partial charge is 0.481 e. The van der Waals surface area contributed by atoms with E-state index >= 15 is 0 Å². The Kier molecular flexibility index (Phi) is 13.0. The molecule has 1 aliphatic carbocycles. The van der Waals surface area contributed by atoms with Gasteiger partial charge in [-0.3, -0.25) is 9.69 Å². The van der Waals surface area contributed by atoms with Crippen LogP contribution >= 0.6 is 0 Å². The number of urea groups is 1. The van der Waals surface area contributed by atoms with Gasteiger partial charge in [-0.05, 0) is 36.5 Å². The maximum absolute atomic E-state index is 13.5. The average molecular weight is 549 g/mol. The number of hydrogen-bond acceptors (Lipinski definition) is 6. The zero-order chi connectivity index (χ0) is 28.8. The molecule has 1 aliphatic rings. The first-order valence-corrected chi connectivity index (χ1v) is 13.1. The van der Waals surface area contributed by atoms with E-state index in [1.165, 1.54) is 31.6 Å². The zero-order valence-electron chi connectivity index (χ0n) is 23.1. The molecule has 4 rings (SSSR count). The molecule has 2 aromatic heterocycles. The number of nitrogens with one attached hydrogen (secondary N) is 2. The van der Waals surface area contributed by atoms with Gasteiger partial charge in [0.1, 0.15) is 12.0 Å². The van der Waals surface area contributed by atoms with Crippen LogP contribution in [-0.2, 0) is 0 Å². The van der Waals surface area contributed by atoms with Crippen molar-refractivity contribution in [3.63, 3.8) is 0 Å². The van der Waals surface area contributed by atoms with Gasteiger partial charge in [-0.1, -0.05) is 65.2 Å². The molecular formula is C28H38F2N4O5. The number of rotatable bonds is 7. The van der Waals surface area contributed by atoms with E-state index in [1.807, 2.05) is 38.1 Å². The van der Waals surface area contributed by atoms with E-state index in [9.17, 15) is 18.4 Å². The Morgan fingerprint density at radius 2 is 1.79 bits per heavy atom. The number of methoxy groups -OCH3 is 1. The van der Waals surface area contributed by atoms with E-state index in [0.717, 1.165) is 43.4 Å². The summed E-state index contributed by atoms with van der Waals surface area (Å²) in [5, 5.41) is 4.81. The van der Waals surface area contributed by atoms with Crippen molar-refractivity contribution >= 4 is 17.4 Å². The third-order valence-electron chi connectivity index (χ3n) is 5.91. The molecule has 3 aromatic rings. The number of anilines is 2. The highest BCUT2D eigenvalue weighted by Gasteiger charge is 2.30. The number of nitrogens with zero attached hydrogens (tertiary/aromatic N) is 2. The van der Waals surface area contributed by atoms with Crippen molar-refractivity contribution in [2.24, 2.45) is 0 Å². The van der Waals surface area contributed by atoms with E-state index in [1.54, 1.807) is 4.90 Å². The van der Waals surface area contributed by atoms with Crippen molar-refractivity contribution in [2.45, 2.75) is 78.4 Å². The molecule has 2 amide bonds. The predicted molar refractivity (Wildman–Crippen MR) is 147 cm³/mol. The first kappa shape index (κ1) is 31.3. The number of amides is 2. The van der Waals surface area contributed by atoms with Gasteiger partial charge in [0.15, 0.2) is 0 Å². The van der Waals surface area contributed by atoms with Crippen LogP contribution in [0, 0.1) is 0 Å². The molecule has 0 spiro atoms. The average Bonchev–Trinajstić information content (AvgIpc) is 3.42. The fraction of sp³-hybridized carbons (Fsp3) is 0.464. The molecule has 0 saturated heterocycles. The molecule has 0 aliphatic heterocycles. The smallest absolute Gasteiger partial charge is 0.388 e. The monoisotopic (exact) mass is 548 g/mol. The number of H-pyrrole nitrogens is 1. The van der Waals surface area contributed by atoms with Gasteiger partial charge in [0, 0.05) is 23.9 Å². The number of ether oxygens (including phenoxy) is 2. The van der Waals surface area contributed by atoms with E-state index < -0.39 is 12.6 Å². The number of pyridine rings is 1. The van der Waals surface area contributed by atoms with Crippen LogP contribution in [0.25, 0.3) is 0 Å². The molecule has 214 valence electrons. The molecule has 1 aromatic carbocycles. The maximum Gasteiger partial charge on any atom is 0.388 e. The summed E-state index contributed by atoms with van der Waals surface area (Å²) < 4.78 is 39.6. The lowest BCUT2D eigenvalue weighted by Gasteiger charge is -2.36. The summed E-state index contributed by atoms with van der Waals surface area (Å²) in [6.07, 6.45) is 6.31. The molecule has 1 fully saturated rings. The number of alkyl halides is 2. The van der Waals surface area contributed by atoms with Crippen LogP contribution in [-0.4, -0.2) is 35.9 Å². The second-order valence-corrected chi connectivity index (χ2v) is 8.78. The number of aromatic amines is 1. The van der Waals surface area contributed by atoms with Gasteiger partial charge >= 0.3 is 12.6 Å². The van der Waals surface area contributed by atoms with Crippen molar-refractivity contribution in [1.82, 2.24) is 10.1 Å². The van der Waals surface area contributed by atoms with Gasteiger partial charge < -0.3 is 19.3 Å². The molecule has 39 heavy (non-hydrogen) atoms. The summed E-state index contributed by atoms with van der Waals surface area (Å²) in [6.45, 7) is 5.08. The topological polar surface area (TPSA) is 110 Å². The van der Waals surface area contributed by atoms with Crippen molar-refractivity contribution in [3.8, 4) is 11.8 Å². The number of carbonyl (C=O) groups excluding carboxylic acids is 1. The Labute approximate surface area is 227 Å². The van der Waals surface area contributed by atoms with Crippen LogP contribution in [0.2, 0.25) is 0 Å². The second kappa shape index (κ2) is 16.2. The molecule has 2 heterocycles. The Morgan fingerprint density at radius 3 is 2.33 bits per heavy atom. The van der Waals surface area contributed by atoms with Crippen LogP contribution in [0.4, 0.5) is 25.0 Å². The van der Waals surface area contributed by atoms with Gasteiger partial charge in [0.05, 0.1) is 7.11 Å². The number of halogens is 2. The highest BCUT2D eigenvalue weighted by atomic mass is 19.3. The fourth-order valence-corrected chi connectivity index (χ4v) is 4.21. The first-order chi connectivity index (χ1) is 18.8. The van der Waals surface area contributed by atoms with Gasteiger partial charge in [0.2, 0.25) is 11.8 Å². The van der Waals surface area contributed by atoms with E-state index in [4.69, 9.17) is 4.74 Å². The molecular weight excluding hydrogens is 510 g/mol. The standard InChI is InChI=1S/C23H29F2N3O3.C3H3NO2.C2H6/c1-15(2)17-11-7-8-12-19(17)28(16-9-5-4-6-10-16)23(29)26-18-13-14-20(30-3)27-21(18)31-22(24)25;5-3-1-2-6-4-3;1-2/h7-8,11-16,22H,4-6,9-10H2,1-3H3,(H,26,29);1-2H,(H,4,5);1-2H3. The summed E-state index contributed by atoms with van der Waals surface area (Å²) in [6, 6.07) is 11.7. The number of hydrogen-bond donors (Lipinski definition) is 2.